The first-order chi connectivity index (χ1) is 14.8. The van der Waals surface area contributed by atoms with E-state index in [-0.39, 0.29) is 29.8 Å². The largest absolute Gasteiger partial charge is 0.379 e. The van der Waals surface area contributed by atoms with E-state index in [2.05, 4.69) is 42.5 Å². The van der Waals surface area contributed by atoms with Gasteiger partial charge in [0.05, 0.1) is 24.9 Å². The van der Waals surface area contributed by atoms with Crippen LogP contribution in [0.5, 0.6) is 0 Å². The molecule has 0 aliphatic carbocycles. The second-order valence-electron chi connectivity index (χ2n) is 7.53. The Kier molecular flexibility index (Phi) is 9.36. The van der Waals surface area contributed by atoms with Crippen LogP contribution in [-0.4, -0.2) is 81.8 Å². The van der Waals surface area contributed by atoms with E-state index in [0.29, 0.717) is 11.7 Å². The molecule has 0 amide bonds. The highest BCUT2D eigenvalue weighted by molar-refractivity contribution is 14.0. The number of nitrogens with zero attached hydrogens (tertiary/aromatic N) is 4. The van der Waals surface area contributed by atoms with Crippen LogP contribution in [0.3, 0.4) is 0 Å². The van der Waals surface area contributed by atoms with Crippen LogP contribution < -0.4 is 10.2 Å². The molecule has 1 unspecified atom stereocenters. The summed E-state index contributed by atoms with van der Waals surface area (Å²) in [7, 11) is 1.83. The Balaban J connectivity index is 0.00000272. The number of hydrogen-bond donors (Lipinski definition) is 1. The molecular weight excluding hydrogens is 528 g/mol. The molecule has 1 N–H and O–H groups in total. The molecule has 1 aromatic carbocycles. The zero-order valence-corrected chi connectivity index (χ0v) is 21.0. The summed E-state index contributed by atoms with van der Waals surface area (Å²) in [6.45, 7) is 7.46. The van der Waals surface area contributed by atoms with E-state index in [1.165, 1.54) is 10.9 Å². The standard InChI is InChI=1S/C22H30FN5OS.HI/c1-24-22(28-10-8-26(9-11-28)19-6-3-2-5-18(19)23)25-17-20(21-7-4-16-30-21)27-12-14-29-15-13-27;/h2-7,16,20H,8-15,17H2,1H3,(H,24,25);1H. The van der Waals surface area contributed by atoms with E-state index in [4.69, 9.17) is 4.74 Å². The zero-order valence-electron chi connectivity index (χ0n) is 17.9. The smallest absolute Gasteiger partial charge is 0.193 e. The van der Waals surface area contributed by atoms with Crippen LogP contribution in [0.2, 0.25) is 0 Å². The second-order valence-corrected chi connectivity index (χ2v) is 8.51. The highest BCUT2D eigenvalue weighted by Crippen LogP contribution is 2.25. The van der Waals surface area contributed by atoms with E-state index in [1.54, 1.807) is 17.4 Å². The van der Waals surface area contributed by atoms with Gasteiger partial charge < -0.3 is 19.9 Å². The van der Waals surface area contributed by atoms with Crippen molar-refractivity contribution < 1.29 is 9.13 Å². The summed E-state index contributed by atoms with van der Waals surface area (Å²) in [4.78, 5) is 12.8. The lowest BCUT2D eigenvalue weighted by Crippen LogP contribution is -2.54. The first-order valence-electron chi connectivity index (χ1n) is 10.6. The van der Waals surface area contributed by atoms with E-state index < -0.39 is 0 Å². The highest BCUT2D eigenvalue weighted by atomic mass is 127. The maximum absolute atomic E-state index is 14.1. The van der Waals surface area contributed by atoms with Gasteiger partial charge in [-0.05, 0) is 23.6 Å². The molecular formula is C22H31FIN5OS. The monoisotopic (exact) mass is 559 g/mol. The predicted molar refractivity (Wildman–Crippen MR) is 136 cm³/mol. The van der Waals surface area contributed by atoms with Crippen molar-refractivity contribution in [2.45, 2.75) is 6.04 Å². The quantitative estimate of drug-likeness (QED) is 0.346. The summed E-state index contributed by atoms with van der Waals surface area (Å²) in [6.07, 6.45) is 0. The number of hydrogen-bond acceptors (Lipinski definition) is 5. The minimum Gasteiger partial charge on any atom is -0.379 e. The number of benzene rings is 1. The highest BCUT2D eigenvalue weighted by Gasteiger charge is 2.26. The average Bonchev–Trinajstić information content (AvgIpc) is 3.33. The molecule has 2 fully saturated rings. The zero-order chi connectivity index (χ0) is 20.8. The number of ether oxygens (including phenoxy) is 1. The summed E-state index contributed by atoms with van der Waals surface area (Å²) in [5.74, 6) is 0.760. The summed E-state index contributed by atoms with van der Waals surface area (Å²) in [5, 5.41) is 5.74. The molecule has 0 spiro atoms. The van der Waals surface area contributed by atoms with E-state index >= 15 is 0 Å². The molecule has 2 saturated heterocycles. The molecule has 2 aliphatic heterocycles. The number of rotatable bonds is 5. The molecule has 1 atom stereocenters. The number of aliphatic imine (C=N–C) groups is 1. The van der Waals surface area contributed by atoms with Gasteiger partial charge in [0.25, 0.3) is 0 Å². The molecule has 2 aliphatic rings. The summed E-state index contributed by atoms with van der Waals surface area (Å²) < 4.78 is 19.7. The second kappa shape index (κ2) is 12.0. The maximum Gasteiger partial charge on any atom is 0.193 e. The predicted octanol–water partition coefficient (Wildman–Crippen LogP) is 3.28. The van der Waals surface area contributed by atoms with Gasteiger partial charge >= 0.3 is 0 Å². The van der Waals surface area contributed by atoms with Crippen molar-refractivity contribution in [2.75, 3.05) is 71.0 Å². The van der Waals surface area contributed by atoms with Gasteiger partial charge in [0.1, 0.15) is 5.82 Å². The molecule has 3 heterocycles. The van der Waals surface area contributed by atoms with Gasteiger partial charge in [-0.25, -0.2) is 4.39 Å². The topological polar surface area (TPSA) is 43.3 Å². The minimum absolute atomic E-state index is 0. The van der Waals surface area contributed by atoms with Crippen LogP contribution >= 0.6 is 35.3 Å². The number of morpholine rings is 1. The molecule has 6 nitrogen and oxygen atoms in total. The fourth-order valence-corrected chi connectivity index (χ4v) is 5.03. The molecule has 4 rings (SSSR count). The number of halogens is 2. The number of anilines is 1. The van der Waals surface area contributed by atoms with Gasteiger partial charge in [0.15, 0.2) is 5.96 Å². The van der Waals surface area contributed by atoms with Gasteiger partial charge in [-0.1, -0.05) is 18.2 Å². The van der Waals surface area contributed by atoms with Gasteiger partial charge in [-0.3, -0.25) is 9.89 Å². The number of thiophene rings is 1. The first kappa shape index (κ1) is 24.2. The molecule has 0 radical (unpaired) electrons. The summed E-state index contributed by atoms with van der Waals surface area (Å²) in [5.41, 5.74) is 0.685. The lowest BCUT2D eigenvalue weighted by Gasteiger charge is -2.39. The van der Waals surface area contributed by atoms with Crippen molar-refractivity contribution in [3.8, 4) is 0 Å². The summed E-state index contributed by atoms with van der Waals surface area (Å²) in [6, 6.07) is 11.6. The van der Waals surface area contributed by atoms with Gasteiger partial charge in [0.2, 0.25) is 0 Å². The van der Waals surface area contributed by atoms with Crippen LogP contribution in [0.15, 0.2) is 46.8 Å². The fraction of sp³-hybridized carbons (Fsp3) is 0.500. The Morgan fingerprint density at radius 2 is 1.84 bits per heavy atom. The van der Waals surface area contributed by atoms with Crippen molar-refractivity contribution >= 4 is 47.0 Å². The third-order valence-corrected chi connectivity index (χ3v) is 6.77. The summed E-state index contributed by atoms with van der Waals surface area (Å²) >= 11 is 1.80. The molecule has 0 bridgehead atoms. The number of guanidine groups is 1. The lowest BCUT2D eigenvalue weighted by atomic mass is 10.2. The lowest BCUT2D eigenvalue weighted by molar-refractivity contribution is 0.0176. The Bertz CT molecular complexity index is 823. The van der Waals surface area contributed by atoms with Crippen molar-refractivity contribution in [1.29, 1.82) is 0 Å². The van der Waals surface area contributed by atoms with Gasteiger partial charge in [0, 0.05) is 57.7 Å². The Labute approximate surface area is 205 Å². The fourth-order valence-electron chi connectivity index (χ4n) is 4.17. The van der Waals surface area contributed by atoms with Crippen LogP contribution in [0.1, 0.15) is 10.9 Å². The number of piperazine rings is 1. The Hall–Kier alpha value is -1.43. The van der Waals surface area contributed by atoms with Crippen LogP contribution in [0.4, 0.5) is 10.1 Å². The van der Waals surface area contributed by atoms with Crippen LogP contribution in [0.25, 0.3) is 0 Å². The van der Waals surface area contributed by atoms with Crippen molar-refractivity contribution in [1.82, 2.24) is 15.1 Å². The van der Waals surface area contributed by atoms with Gasteiger partial charge in [-0.2, -0.15) is 0 Å². The number of nitrogens with one attached hydrogen (secondary N) is 1. The molecule has 31 heavy (non-hydrogen) atoms. The third-order valence-electron chi connectivity index (χ3n) is 5.80. The average molecular weight is 559 g/mol. The van der Waals surface area contributed by atoms with Crippen molar-refractivity contribution in [2.24, 2.45) is 4.99 Å². The molecule has 9 heteroatoms. The normalized spacial score (nSPS) is 19.1. The molecule has 1 aromatic heterocycles. The van der Waals surface area contributed by atoms with Gasteiger partial charge in [-0.15, -0.1) is 35.3 Å². The van der Waals surface area contributed by atoms with Crippen LogP contribution in [-0.2, 0) is 4.74 Å². The van der Waals surface area contributed by atoms with E-state index in [1.807, 2.05) is 19.2 Å². The van der Waals surface area contributed by atoms with Crippen LogP contribution in [0, 0.1) is 5.82 Å². The third kappa shape index (κ3) is 6.09. The van der Waals surface area contributed by atoms with Crippen molar-refractivity contribution in [3.63, 3.8) is 0 Å². The minimum atomic E-state index is -0.155. The van der Waals surface area contributed by atoms with E-state index in [0.717, 1.165) is 65.0 Å². The molecule has 0 saturated carbocycles. The number of para-hydroxylation sites is 1. The SMILES string of the molecule is CN=C(NCC(c1cccs1)N1CCOCC1)N1CCN(c2ccccc2F)CC1.I. The first-order valence-corrected chi connectivity index (χ1v) is 11.4. The molecule has 2 aromatic rings. The van der Waals surface area contributed by atoms with Crippen molar-refractivity contribution in [3.05, 3.63) is 52.5 Å². The maximum atomic E-state index is 14.1. The Morgan fingerprint density at radius 3 is 2.48 bits per heavy atom. The molecule has 170 valence electrons. The van der Waals surface area contributed by atoms with E-state index in [9.17, 15) is 4.39 Å². The Morgan fingerprint density at radius 1 is 1.10 bits per heavy atom.